The lowest BCUT2D eigenvalue weighted by Crippen LogP contribution is -2.19. The number of nitrogens with one attached hydrogen (secondary N) is 1. The van der Waals surface area contributed by atoms with Crippen LogP contribution in [0.3, 0.4) is 0 Å². The van der Waals surface area contributed by atoms with Crippen LogP contribution in [0.1, 0.15) is 30.5 Å². The molecule has 0 saturated carbocycles. The van der Waals surface area contributed by atoms with Crippen LogP contribution in [0.2, 0.25) is 0 Å². The summed E-state index contributed by atoms with van der Waals surface area (Å²) in [7, 11) is 0. The van der Waals surface area contributed by atoms with Crippen LogP contribution in [0.15, 0.2) is 28.4 Å². The Morgan fingerprint density at radius 2 is 2.15 bits per heavy atom. The summed E-state index contributed by atoms with van der Waals surface area (Å²) >= 11 is 1.67. The van der Waals surface area contributed by atoms with Gasteiger partial charge in [-0.15, -0.1) is 11.3 Å². The Bertz CT molecular complexity index is 814. The number of aromatic nitrogens is 3. The van der Waals surface area contributed by atoms with Gasteiger partial charge in [-0.3, -0.25) is 4.79 Å². The first-order valence-electron chi connectivity index (χ1n) is 7.00. The average molecular weight is 285 g/mol. The lowest BCUT2D eigenvalue weighted by Gasteiger charge is -2.06. The molecule has 0 radical (unpaired) electrons. The third kappa shape index (κ3) is 1.81. The highest BCUT2D eigenvalue weighted by atomic mass is 32.1. The van der Waals surface area contributed by atoms with Crippen LogP contribution in [-0.2, 0) is 12.8 Å². The van der Waals surface area contributed by atoms with Gasteiger partial charge in [0.15, 0.2) is 0 Å². The highest BCUT2D eigenvalue weighted by Gasteiger charge is 2.17. The highest BCUT2D eigenvalue weighted by molar-refractivity contribution is 7.13. The molecule has 0 saturated heterocycles. The lowest BCUT2D eigenvalue weighted by atomic mass is 10.1. The third-order valence-corrected chi connectivity index (χ3v) is 4.84. The molecule has 3 heterocycles. The van der Waals surface area contributed by atoms with Crippen molar-refractivity contribution in [1.82, 2.24) is 14.6 Å². The van der Waals surface area contributed by atoms with Crippen molar-refractivity contribution in [2.75, 3.05) is 0 Å². The van der Waals surface area contributed by atoms with Crippen LogP contribution < -0.4 is 5.56 Å². The Morgan fingerprint density at radius 3 is 3.00 bits per heavy atom. The molecule has 1 N–H and O–H groups in total. The van der Waals surface area contributed by atoms with E-state index >= 15 is 0 Å². The minimum absolute atomic E-state index is 0.0621. The third-order valence-electron chi connectivity index (χ3n) is 3.94. The van der Waals surface area contributed by atoms with E-state index in [1.54, 1.807) is 11.3 Å². The maximum atomic E-state index is 12.2. The first-order chi connectivity index (χ1) is 9.83. The molecular formula is C15H15N3OS. The molecule has 20 heavy (non-hydrogen) atoms. The van der Waals surface area contributed by atoms with Crippen LogP contribution in [0.4, 0.5) is 0 Å². The fourth-order valence-corrected chi connectivity index (χ4v) is 3.64. The van der Waals surface area contributed by atoms with E-state index in [-0.39, 0.29) is 5.56 Å². The van der Waals surface area contributed by atoms with Crippen molar-refractivity contribution in [2.24, 2.45) is 0 Å². The summed E-state index contributed by atoms with van der Waals surface area (Å²) in [4.78, 5) is 16.3. The molecule has 1 aliphatic carbocycles. The van der Waals surface area contributed by atoms with Crippen LogP contribution in [0.25, 0.3) is 16.2 Å². The van der Waals surface area contributed by atoms with E-state index in [0.29, 0.717) is 0 Å². The van der Waals surface area contributed by atoms with Crippen molar-refractivity contribution < 1.29 is 0 Å². The number of H-pyrrole nitrogens is 1. The average Bonchev–Trinajstić information content (AvgIpc) is 3.03. The number of nitrogens with zero attached hydrogens (tertiary/aromatic N) is 2. The number of thiophene rings is 1. The summed E-state index contributed by atoms with van der Waals surface area (Å²) in [5.41, 5.74) is 3.83. The normalized spacial score (nSPS) is 15.2. The summed E-state index contributed by atoms with van der Waals surface area (Å²) in [6.07, 6.45) is 5.24. The van der Waals surface area contributed by atoms with Crippen molar-refractivity contribution >= 4 is 17.0 Å². The van der Waals surface area contributed by atoms with E-state index in [0.717, 1.165) is 53.2 Å². The minimum Gasteiger partial charge on any atom is -0.307 e. The van der Waals surface area contributed by atoms with Crippen LogP contribution in [-0.4, -0.2) is 14.6 Å². The topological polar surface area (TPSA) is 50.2 Å². The first-order valence-corrected chi connectivity index (χ1v) is 7.88. The second kappa shape index (κ2) is 4.59. The summed E-state index contributed by atoms with van der Waals surface area (Å²) in [6, 6.07) is 6.05. The minimum atomic E-state index is 0.0621. The highest BCUT2D eigenvalue weighted by Crippen LogP contribution is 2.25. The zero-order chi connectivity index (χ0) is 13.5. The Kier molecular flexibility index (Phi) is 2.73. The van der Waals surface area contributed by atoms with Crippen molar-refractivity contribution in [3.8, 4) is 10.6 Å². The molecule has 3 aromatic rings. The fraction of sp³-hybridized carbons (Fsp3) is 0.333. The molecular weight excluding hydrogens is 270 g/mol. The van der Waals surface area contributed by atoms with E-state index in [1.165, 1.54) is 6.42 Å². The molecule has 0 fully saturated rings. The second-order valence-corrected chi connectivity index (χ2v) is 6.19. The van der Waals surface area contributed by atoms with Gasteiger partial charge >= 0.3 is 0 Å². The predicted molar refractivity (Wildman–Crippen MR) is 80.4 cm³/mol. The molecule has 3 aromatic heterocycles. The molecule has 0 unspecified atom stereocenters. The number of hydrogen-bond donors (Lipinski definition) is 1. The van der Waals surface area contributed by atoms with E-state index in [2.05, 4.69) is 11.1 Å². The van der Waals surface area contributed by atoms with Gasteiger partial charge in [0.1, 0.15) is 11.3 Å². The molecule has 1 aliphatic rings. The van der Waals surface area contributed by atoms with E-state index < -0.39 is 0 Å². The number of aromatic amines is 1. The monoisotopic (exact) mass is 285 g/mol. The van der Waals surface area contributed by atoms with Gasteiger partial charge in [-0.2, -0.15) is 5.10 Å². The molecule has 4 nitrogen and oxygen atoms in total. The maximum Gasteiger partial charge on any atom is 0.254 e. The van der Waals surface area contributed by atoms with E-state index in [1.807, 2.05) is 22.0 Å². The molecule has 0 atom stereocenters. The van der Waals surface area contributed by atoms with Crippen molar-refractivity contribution in [3.63, 3.8) is 0 Å². The molecule has 0 amide bonds. The fourth-order valence-electron chi connectivity index (χ4n) is 2.96. The summed E-state index contributed by atoms with van der Waals surface area (Å²) < 4.78 is 1.94. The quantitative estimate of drug-likeness (QED) is 0.699. The first kappa shape index (κ1) is 11.9. The van der Waals surface area contributed by atoms with Crippen LogP contribution in [0.5, 0.6) is 0 Å². The molecule has 0 aromatic carbocycles. The Morgan fingerprint density at radius 1 is 1.25 bits per heavy atom. The second-order valence-electron chi connectivity index (χ2n) is 5.24. The van der Waals surface area contributed by atoms with E-state index in [4.69, 9.17) is 5.10 Å². The number of aryl methyl sites for hydroxylation is 1. The largest absolute Gasteiger partial charge is 0.307 e. The Hall–Kier alpha value is -1.88. The zero-order valence-electron chi connectivity index (χ0n) is 11.1. The van der Waals surface area contributed by atoms with Gasteiger partial charge in [0.25, 0.3) is 5.56 Å². The molecule has 0 bridgehead atoms. The molecule has 5 heteroatoms. The zero-order valence-corrected chi connectivity index (χ0v) is 11.9. The van der Waals surface area contributed by atoms with Gasteiger partial charge in [-0.05, 0) is 37.1 Å². The smallest absolute Gasteiger partial charge is 0.254 e. The van der Waals surface area contributed by atoms with Crippen molar-refractivity contribution in [1.29, 1.82) is 0 Å². The summed E-state index contributed by atoms with van der Waals surface area (Å²) in [5.74, 6) is 0. The predicted octanol–water partition coefficient (Wildman–Crippen LogP) is 3.02. The van der Waals surface area contributed by atoms with Gasteiger partial charge in [-0.25, -0.2) is 4.52 Å². The Balaban J connectivity index is 1.98. The van der Waals surface area contributed by atoms with Gasteiger partial charge in [0.2, 0.25) is 0 Å². The van der Waals surface area contributed by atoms with E-state index in [9.17, 15) is 4.79 Å². The standard InChI is InChI=1S/C15H15N3OS/c19-15-10-5-2-1-3-6-12(10)18-14(16-15)9-11(17-18)13-7-4-8-20-13/h4,7-9H,1-3,5-6H2,(H,16,19). The summed E-state index contributed by atoms with van der Waals surface area (Å²) in [5, 5.41) is 6.75. The molecule has 0 aliphatic heterocycles. The number of rotatable bonds is 1. The molecule has 4 rings (SSSR count). The lowest BCUT2D eigenvalue weighted by molar-refractivity contribution is 0.702. The Labute approximate surface area is 120 Å². The van der Waals surface area contributed by atoms with Crippen LogP contribution in [0, 0.1) is 0 Å². The van der Waals surface area contributed by atoms with Gasteiger partial charge in [0, 0.05) is 11.6 Å². The SMILES string of the molecule is O=c1[nH]c2cc(-c3cccs3)nn2c2c1CCCCC2. The van der Waals surface area contributed by atoms with Gasteiger partial charge in [0.05, 0.1) is 10.6 Å². The van der Waals surface area contributed by atoms with Crippen LogP contribution >= 0.6 is 11.3 Å². The molecule has 0 spiro atoms. The van der Waals surface area contributed by atoms with Crippen molar-refractivity contribution in [3.05, 3.63) is 45.2 Å². The maximum absolute atomic E-state index is 12.2. The van der Waals surface area contributed by atoms with Crippen molar-refractivity contribution in [2.45, 2.75) is 32.1 Å². The number of fused-ring (bicyclic) bond motifs is 3. The summed E-state index contributed by atoms with van der Waals surface area (Å²) in [6.45, 7) is 0. The van der Waals surface area contributed by atoms with Gasteiger partial charge in [-0.1, -0.05) is 12.5 Å². The molecule has 102 valence electrons. The van der Waals surface area contributed by atoms with Gasteiger partial charge < -0.3 is 4.98 Å². The number of hydrogen-bond acceptors (Lipinski definition) is 3.